The topological polar surface area (TPSA) is 98.1 Å². The van der Waals surface area contributed by atoms with Crippen LogP contribution in [0.5, 0.6) is 0 Å². The second-order valence-corrected chi connectivity index (χ2v) is 8.18. The van der Waals surface area contributed by atoms with Gasteiger partial charge in [0.25, 0.3) is 5.91 Å². The molecular weight excluding hydrogens is 352 g/mol. The van der Waals surface area contributed by atoms with Crippen LogP contribution in [-0.2, 0) is 14.3 Å². The molecule has 0 unspecified atom stereocenters. The number of nitrogens with zero attached hydrogens (tertiary/aromatic N) is 1. The quantitative estimate of drug-likeness (QED) is 0.864. The summed E-state index contributed by atoms with van der Waals surface area (Å²) in [5.74, 6) is -0.157. The molecule has 0 bridgehead atoms. The molecule has 0 fully saturated rings. The van der Waals surface area contributed by atoms with E-state index in [1.54, 1.807) is 53.7 Å². The van der Waals surface area contributed by atoms with E-state index in [0.29, 0.717) is 5.76 Å². The van der Waals surface area contributed by atoms with Crippen molar-refractivity contribution < 1.29 is 28.3 Å². The van der Waals surface area contributed by atoms with Gasteiger partial charge in [0.1, 0.15) is 23.0 Å². The number of ether oxygens (including phenoxy) is 2. The second-order valence-electron chi connectivity index (χ2n) is 8.18. The van der Waals surface area contributed by atoms with Gasteiger partial charge in [0, 0.05) is 6.08 Å². The van der Waals surface area contributed by atoms with Crippen LogP contribution in [0.15, 0.2) is 35.0 Å². The fraction of sp³-hybridized carbons (Fsp3) is 0.526. The van der Waals surface area contributed by atoms with Gasteiger partial charge in [-0.3, -0.25) is 4.79 Å². The van der Waals surface area contributed by atoms with Gasteiger partial charge in [-0.15, -0.1) is 0 Å². The van der Waals surface area contributed by atoms with Crippen LogP contribution < -0.4 is 5.32 Å². The minimum atomic E-state index is -0.829. The highest BCUT2D eigenvalue weighted by Crippen LogP contribution is 2.28. The summed E-state index contributed by atoms with van der Waals surface area (Å²) in [6.07, 6.45) is 2.74. The van der Waals surface area contributed by atoms with Crippen LogP contribution in [0.3, 0.4) is 0 Å². The largest absolute Gasteiger partial charge is 0.467 e. The molecule has 1 aliphatic rings. The highest BCUT2D eigenvalue weighted by molar-refractivity contribution is 6.01. The van der Waals surface area contributed by atoms with E-state index in [9.17, 15) is 14.4 Å². The van der Waals surface area contributed by atoms with Crippen LogP contribution in [0.4, 0.5) is 9.59 Å². The van der Waals surface area contributed by atoms with E-state index in [0.717, 1.165) is 4.90 Å². The maximum atomic E-state index is 12.5. The molecule has 2 heterocycles. The maximum absolute atomic E-state index is 12.5. The summed E-state index contributed by atoms with van der Waals surface area (Å²) in [5.41, 5.74) is -1.48. The predicted molar refractivity (Wildman–Crippen MR) is 96.8 cm³/mol. The van der Waals surface area contributed by atoms with Gasteiger partial charge in [-0.1, -0.05) is 6.08 Å². The van der Waals surface area contributed by atoms with Gasteiger partial charge in [-0.25, -0.2) is 14.5 Å². The monoisotopic (exact) mass is 378 g/mol. The molecule has 0 saturated carbocycles. The Hall–Kier alpha value is -2.77. The summed E-state index contributed by atoms with van der Waals surface area (Å²) >= 11 is 0. The molecule has 0 aliphatic carbocycles. The van der Waals surface area contributed by atoms with E-state index in [2.05, 4.69) is 5.32 Å². The number of hydrogen-bond donors (Lipinski definition) is 1. The number of alkyl carbamates (subject to hydrolysis) is 1. The molecule has 2 atom stereocenters. The Kier molecular flexibility index (Phi) is 5.67. The molecule has 3 amide bonds. The van der Waals surface area contributed by atoms with E-state index in [4.69, 9.17) is 13.9 Å². The van der Waals surface area contributed by atoms with Crippen LogP contribution in [-0.4, -0.2) is 40.2 Å². The van der Waals surface area contributed by atoms with Gasteiger partial charge < -0.3 is 19.2 Å². The van der Waals surface area contributed by atoms with Gasteiger partial charge in [0.15, 0.2) is 0 Å². The minimum absolute atomic E-state index is 0.374. The molecule has 2 rings (SSSR count). The number of rotatable bonds is 3. The summed E-state index contributed by atoms with van der Waals surface area (Å²) in [5, 5.41) is 2.68. The number of furan rings is 1. The third kappa shape index (κ3) is 5.60. The third-order valence-electron chi connectivity index (χ3n) is 3.43. The molecule has 1 aromatic rings. The van der Waals surface area contributed by atoms with Crippen LogP contribution in [0.2, 0.25) is 0 Å². The molecule has 0 radical (unpaired) electrons. The molecular formula is C19H26N2O6. The number of nitrogens with one attached hydrogen (secondary N) is 1. The van der Waals surface area contributed by atoms with Crippen molar-refractivity contribution in [3.63, 3.8) is 0 Å². The number of hydrogen-bond acceptors (Lipinski definition) is 6. The summed E-state index contributed by atoms with van der Waals surface area (Å²) < 4.78 is 16.0. The van der Waals surface area contributed by atoms with Crippen molar-refractivity contribution in [3.8, 4) is 0 Å². The Morgan fingerprint density at radius 1 is 1.15 bits per heavy atom. The first-order valence-corrected chi connectivity index (χ1v) is 8.65. The van der Waals surface area contributed by atoms with Crippen molar-refractivity contribution in [1.29, 1.82) is 0 Å². The smallest absolute Gasteiger partial charge is 0.417 e. The van der Waals surface area contributed by atoms with Crippen molar-refractivity contribution in [1.82, 2.24) is 10.2 Å². The van der Waals surface area contributed by atoms with Gasteiger partial charge in [-0.2, -0.15) is 0 Å². The zero-order chi connectivity index (χ0) is 20.4. The highest BCUT2D eigenvalue weighted by atomic mass is 16.6. The fourth-order valence-electron chi connectivity index (χ4n) is 2.50. The van der Waals surface area contributed by atoms with E-state index in [1.807, 2.05) is 0 Å². The standard InChI is InChI=1S/C19H26N2O6/c1-18(2,3)26-16(23)20-15(13-8-7-11-25-13)12-9-10-14(22)21(12)17(24)27-19(4,5)6/h7-12,15H,1-6H3,(H,20,23)/t12-,15+/m1/s1. The zero-order valence-corrected chi connectivity index (χ0v) is 16.4. The third-order valence-corrected chi connectivity index (χ3v) is 3.43. The first kappa shape index (κ1) is 20.5. The predicted octanol–water partition coefficient (Wildman–Crippen LogP) is 3.55. The first-order chi connectivity index (χ1) is 12.4. The van der Waals surface area contributed by atoms with Crippen LogP contribution >= 0.6 is 0 Å². The van der Waals surface area contributed by atoms with Gasteiger partial charge in [0.2, 0.25) is 0 Å². The van der Waals surface area contributed by atoms with Gasteiger partial charge in [-0.05, 0) is 53.7 Å². The Bertz CT molecular complexity index is 724. The molecule has 0 aromatic carbocycles. The SMILES string of the molecule is CC(C)(C)OC(=O)N[C@H](c1ccco1)[C@H]1C=CC(=O)N1C(=O)OC(C)(C)C. The number of imide groups is 1. The van der Waals surface area contributed by atoms with Crippen molar-refractivity contribution in [2.75, 3.05) is 0 Å². The molecule has 8 heteroatoms. The lowest BCUT2D eigenvalue weighted by atomic mass is 10.1. The van der Waals surface area contributed by atoms with Crippen LogP contribution in [0.1, 0.15) is 53.3 Å². The zero-order valence-electron chi connectivity index (χ0n) is 16.4. The van der Waals surface area contributed by atoms with Crippen molar-refractivity contribution >= 4 is 18.1 Å². The minimum Gasteiger partial charge on any atom is -0.467 e. The lowest BCUT2D eigenvalue weighted by molar-refractivity contribution is -0.125. The molecule has 1 N–H and O–H groups in total. The normalized spacial score (nSPS) is 18.4. The Balaban J connectivity index is 2.28. The average Bonchev–Trinajstić information content (AvgIpc) is 3.10. The molecule has 1 aliphatic heterocycles. The first-order valence-electron chi connectivity index (χ1n) is 8.65. The lowest BCUT2D eigenvalue weighted by Gasteiger charge is -2.31. The number of amides is 3. The summed E-state index contributed by atoms with van der Waals surface area (Å²) in [6, 6.07) is 1.65. The van der Waals surface area contributed by atoms with E-state index in [-0.39, 0.29) is 0 Å². The van der Waals surface area contributed by atoms with E-state index >= 15 is 0 Å². The summed E-state index contributed by atoms with van der Waals surface area (Å²) in [6.45, 7) is 10.3. The Morgan fingerprint density at radius 3 is 2.30 bits per heavy atom. The maximum Gasteiger partial charge on any atom is 0.417 e. The average molecular weight is 378 g/mol. The Morgan fingerprint density at radius 2 is 1.78 bits per heavy atom. The molecule has 1 aromatic heterocycles. The number of carbonyl (C=O) groups excluding carboxylic acids is 3. The van der Waals surface area contributed by atoms with Crippen molar-refractivity contribution in [2.45, 2.75) is 64.8 Å². The van der Waals surface area contributed by atoms with E-state index in [1.165, 1.54) is 18.4 Å². The lowest BCUT2D eigenvalue weighted by Crippen LogP contribution is -2.49. The molecule has 27 heavy (non-hydrogen) atoms. The van der Waals surface area contributed by atoms with Crippen LogP contribution in [0, 0.1) is 0 Å². The summed E-state index contributed by atoms with van der Waals surface area (Å²) in [4.78, 5) is 38.0. The molecule has 8 nitrogen and oxygen atoms in total. The van der Waals surface area contributed by atoms with E-state index < -0.39 is 41.4 Å². The molecule has 148 valence electrons. The molecule has 0 saturated heterocycles. The summed E-state index contributed by atoms with van der Waals surface area (Å²) in [7, 11) is 0. The van der Waals surface area contributed by atoms with Gasteiger partial charge >= 0.3 is 12.2 Å². The highest BCUT2D eigenvalue weighted by Gasteiger charge is 2.42. The second kappa shape index (κ2) is 7.46. The van der Waals surface area contributed by atoms with Gasteiger partial charge in [0.05, 0.1) is 12.3 Å². The van der Waals surface area contributed by atoms with Crippen molar-refractivity contribution in [3.05, 3.63) is 36.3 Å². The fourth-order valence-corrected chi connectivity index (χ4v) is 2.50. The van der Waals surface area contributed by atoms with Crippen LogP contribution in [0.25, 0.3) is 0 Å². The molecule has 0 spiro atoms. The Labute approximate surface area is 158 Å². The number of carbonyl (C=O) groups is 3. The van der Waals surface area contributed by atoms with Crippen molar-refractivity contribution in [2.24, 2.45) is 0 Å².